The first-order valence-corrected chi connectivity index (χ1v) is 7.74. The molecule has 0 aliphatic carbocycles. The topological polar surface area (TPSA) is 20.2 Å². The molecule has 0 spiro atoms. The minimum atomic E-state index is -0.303. The van der Waals surface area contributed by atoms with Crippen LogP contribution in [0.3, 0.4) is 0 Å². The zero-order valence-electron chi connectivity index (χ0n) is 10.2. The molecule has 0 radical (unpaired) electrons. The Morgan fingerprint density at radius 2 is 2.12 bits per heavy atom. The molecule has 1 atom stereocenters. The van der Waals surface area contributed by atoms with Crippen LogP contribution in [0.25, 0.3) is 0 Å². The highest BCUT2D eigenvalue weighted by atomic mass is 35.5. The Morgan fingerprint density at radius 1 is 1.41 bits per heavy atom. The van der Waals surface area contributed by atoms with Crippen LogP contribution < -0.4 is 0 Å². The van der Waals surface area contributed by atoms with Gasteiger partial charge in [0.05, 0.1) is 6.10 Å². The van der Waals surface area contributed by atoms with Gasteiger partial charge >= 0.3 is 0 Å². The summed E-state index contributed by atoms with van der Waals surface area (Å²) in [4.78, 5) is 0. The van der Waals surface area contributed by atoms with Gasteiger partial charge in [-0.1, -0.05) is 23.7 Å². The largest absolute Gasteiger partial charge is 0.393 e. The Kier molecular flexibility index (Phi) is 4.78. The summed E-state index contributed by atoms with van der Waals surface area (Å²) in [5.74, 6) is 3.12. The molecule has 1 aromatic rings. The Labute approximate surface area is 113 Å². The van der Waals surface area contributed by atoms with E-state index in [0.29, 0.717) is 12.3 Å². The van der Waals surface area contributed by atoms with E-state index in [-0.39, 0.29) is 6.10 Å². The zero-order chi connectivity index (χ0) is 12.3. The van der Waals surface area contributed by atoms with E-state index >= 15 is 0 Å². The van der Waals surface area contributed by atoms with Crippen molar-refractivity contribution in [2.24, 2.45) is 0 Å². The standard InChI is InChI=1S/C14H19ClOS/c1-10(16)8-11-2-3-13(14(15)9-11)12-4-6-17-7-5-12/h2-3,9-10,12,16H,4-8H2,1H3. The highest BCUT2D eigenvalue weighted by molar-refractivity contribution is 7.99. The summed E-state index contributed by atoms with van der Waals surface area (Å²) in [7, 11) is 0. The summed E-state index contributed by atoms with van der Waals surface area (Å²) in [6.45, 7) is 1.81. The van der Waals surface area contributed by atoms with Crippen molar-refractivity contribution in [1.82, 2.24) is 0 Å². The van der Waals surface area contributed by atoms with Crippen molar-refractivity contribution < 1.29 is 5.11 Å². The van der Waals surface area contributed by atoms with Crippen molar-refractivity contribution in [2.75, 3.05) is 11.5 Å². The average molecular weight is 271 g/mol. The lowest BCUT2D eigenvalue weighted by molar-refractivity contribution is 0.195. The maximum atomic E-state index is 9.37. The maximum absolute atomic E-state index is 9.37. The maximum Gasteiger partial charge on any atom is 0.0552 e. The van der Waals surface area contributed by atoms with Gasteiger partial charge in [0, 0.05) is 5.02 Å². The molecule has 1 heterocycles. The Bertz CT molecular complexity index is 372. The lowest BCUT2D eigenvalue weighted by Gasteiger charge is -2.23. The molecule has 1 unspecified atom stereocenters. The molecular weight excluding hydrogens is 252 g/mol. The minimum absolute atomic E-state index is 0.303. The molecule has 17 heavy (non-hydrogen) atoms. The van der Waals surface area contributed by atoms with Crippen LogP contribution in [0.4, 0.5) is 0 Å². The zero-order valence-corrected chi connectivity index (χ0v) is 11.7. The second kappa shape index (κ2) is 6.12. The van der Waals surface area contributed by atoms with Crippen molar-refractivity contribution >= 4 is 23.4 Å². The van der Waals surface area contributed by atoms with Crippen LogP contribution in [0.1, 0.15) is 36.8 Å². The van der Waals surface area contributed by atoms with E-state index in [9.17, 15) is 5.11 Å². The van der Waals surface area contributed by atoms with Gasteiger partial charge in [-0.15, -0.1) is 0 Å². The van der Waals surface area contributed by atoms with E-state index < -0.39 is 0 Å². The SMILES string of the molecule is CC(O)Cc1ccc(C2CCSCC2)c(Cl)c1. The molecule has 1 fully saturated rings. The van der Waals surface area contributed by atoms with Crippen molar-refractivity contribution in [3.05, 3.63) is 34.3 Å². The molecule has 0 saturated carbocycles. The number of aliphatic hydroxyl groups excluding tert-OH is 1. The molecule has 2 rings (SSSR count). The van der Waals surface area contributed by atoms with Crippen LogP contribution >= 0.6 is 23.4 Å². The van der Waals surface area contributed by atoms with E-state index in [1.807, 2.05) is 17.8 Å². The first kappa shape index (κ1) is 13.3. The molecule has 1 nitrogen and oxygen atoms in total. The van der Waals surface area contributed by atoms with Gasteiger partial charge in [0.2, 0.25) is 0 Å². The third-order valence-electron chi connectivity index (χ3n) is 3.26. The predicted molar refractivity (Wildman–Crippen MR) is 76.1 cm³/mol. The number of hydrogen-bond donors (Lipinski definition) is 1. The molecule has 1 aliphatic rings. The summed E-state index contributed by atoms with van der Waals surface area (Å²) in [5, 5.41) is 10.2. The van der Waals surface area contributed by atoms with E-state index in [4.69, 9.17) is 11.6 Å². The lowest BCUT2D eigenvalue weighted by atomic mass is 9.92. The molecule has 1 saturated heterocycles. The number of rotatable bonds is 3. The number of aliphatic hydroxyl groups is 1. The fourth-order valence-electron chi connectivity index (χ4n) is 2.38. The summed E-state index contributed by atoms with van der Waals surface area (Å²) >= 11 is 8.39. The first-order valence-electron chi connectivity index (χ1n) is 6.21. The van der Waals surface area contributed by atoms with Crippen molar-refractivity contribution in [3.8, 4) is 0 Å². The van der Waals surface area contributed by atoms with Crippen molar-refractivity contribution in [1.29, 1.82) is 0 Å². The van der Waals surface area contributed by atoms with Crippen LogP contribution in [0.5, 0.6) is 0 Å². The molecule has 0 amide bonds. The van der Waals surface area contributed by atoms with Crippen LogP contribution in [-0.4, -0.2) is 22.7 Å². The van der Waals surface area contributed by atoms with Gasteiger partial charge in [-0.25, -0.2) is 0 Å². The van der Waals surface area contributed by atoms with Gasteiger partial charge in [-0.3, -0.25) is 0 Å². The van der Waals surface area contributed by atoms with Gasteiger partial charge in [0.15, 0.2) is 0 Å². The van der Waals surface area contributed by atoms with Gasteiger partial charge in [-0.05, 0) is 60.8 Å². The molecule has 3 heteroatoms. The van der Waals surface area contributed by atoms with E-state index in [1.165, 1.54) is 29.9 Å². The summed E-state index contributed by atoms with van der Waals surface area (Å²) < 4.78 is 0. The summed E-state index contributed by atoms with van der Waals surface area (Å²) in [6.07, 6.45) is 2.85. The Balaban J connectivity index is 2.13. The van der Waals surface area contributed by atoms with E-state index in [0.717, 1.165) is 10.6 Å². The minimum Gasteiger partial charge on any atom is -0.393 e. The highest BCUT2D eigenvalue weighted by Gasteiger charge is 2.18. The monoisotopic (exact) mass is 270 g/mol. The van der Waals surface area contributed by atoms with Gasteiger partial charge in [0.1, 0.15) is 0 Å². The van der Waals surface area contributed by atoms with Gasteiger partial charge < -0.3 is 5.11 Å². The Morgan fingerprint density at radius 3 is 2.71 bits per heavy atom. The van der Waals surface area contributed by atoms with Gasteiger partial charge in [0.25, 0.3) is 0 Å². The Hall–Kier alpha value is -0.180. The van der Waals surface area contributed by atoms with Gasteiger partial charge in [-0.2, -0.15) is 11.8 Å². The smallest absolute Gasteiger partial charge is 0.0552 e. The number of thioether (sulfide) groups is 1. The van der Waals surface area contributed by atoms with Crippen LogP contribution in [-0.2, 0) is 6.42 Å². The average Bonchev–Trinajstić information content (AvgIpc) is 2.29. The lowest BCUT2D eigenvalue weighted by Crippen LogP contribution is -2.09. The molecule has 94 valence electrons. The van der Waals surface area contributed by atoms with E-state index in [2.05, 4.69) is 12.1 Å². The third kappa shape index (κ3) is 3.64. The predicted octanol–water partition coefficient (Wildman–Crippen LogP) is 3.87. The van der Waals surface area contributed by atoms with Crippen LogP contribution in [0.2, 0.25) is 5.02 Å². The summed E-state index contributed by atoms with van der Waals surface area (Å²) in [6, 6.07) is 6.28. The summed E-state index contributed by atoms with van der Waals surface area (Å²) in [5.41, 5.74) is 2.42. The second-order valence-corrected chi connectivity index (χ2v) is 6.43. The normalized spacial score (nSPS) is 19.2. The number of hydrogen-bond acceptors (Lipinski definition) is 2. The molecular formula is C14H19ClOS. The fraction of sp³-hybridized carbons (Fsp3) is 0.571. The molecule has 0 aromatic heterocycles. The number of benzene rings is 1. The highest BCUT2D eigenvalue weighted by Crippen LogP contribution is 2.35. The molecule has 1 aliphatic heterocycles. The van der Waals surface area contributed by atoms with E-state index in [1.54, 1.807) is 6.92 Å². The quantitative estimate of drug-likeness (QED) is 0.900. The first-order chi connectivity index (χ1) is 8.16. The number of halogens is 1. The second-order valence-electron chi connectivity index (χ2n) is 4.80. The van der Waals surface area contributed by atoms with Crippen LogP contribution in [0, 0.1) is 0 Å². The molecule has 0 bridgehead atoms. The van der Waals surface area contributed by atoms with Crippen LogP contribution in [0.15, 0.2) is 18.2 Å². The van der Waals surface area contributed by atoms with Crippen molar-refractivity contribution in [2.45, 2.75) is 38.2 Å². The fourth-order valence-corrected chi connectivity index (χ4v) is 3.84. The molecule has 1 N–H and O–H groups in total. The van der Waals surface area contributed by atoms with Crippen molar-refractivity contribution in [3.63, 3.8) is 0 Å². The third-order valence-corrected chi connectivity index (χ3v) is 4.63. The molecule has 1 aromatic carbocycles.